The van der Waals surface area contributed by atoms with E-state index in [-0.39, 0.29) is 6.61 Å². The highest BCUT2D eigenvalue weighted by molar-refractivity contribution is 6.37. The minimum atomic E-state index is -0.864. The number of carbonyl (C=O) groups excluding carboxylic acids is 2. The van der Waals surface area contributed by atoms with E-state index in [9.17, 15) is 9.59 Å². The molecule has 0 spiro atoms. The molecule has 0 atom stereocenters. The third kappa shape index (κ3) is 6.25. The highest BCUT2D eigenvalue weighted by Crippen LogP contribution is 2.14. The molecule has 0 aromatic heterocycles. The number of amides is 1. The second-order valence-electron chi connectivity index (χ2n) is 4.16. The molecule has 19 heavy (non-hydrogen) atoms. The SMILES string of the molecule is CCCCCCOC(=O)C(=O)Nc1cccc(Cl)c1. The van der Waals surface area contributed by atoms with Gasteiger partial charge in [-0.05, 0) is 24.6 Å². The third-order valence-electron chi connectivity index (χ3n) is 2.50. The van der Waals surface area contributed by atoms with E-state index >= 15 is 0 Å². The van der Waals surface area contributed by atoms with Gasteiger partial charge in [-0.1, -0.05) is 43.9 Å². The molecule has 0 radical (unpaired) electrons. The van der Waals surface area contributed by atoms with Gasteiger partial charge in [0.25, 0.3) is 0 Å². The maximum absolute atomic E-state index is 11.5. The number of unbranched alkanes of at least 4 members (excludes halogenated alkanes) is 3. The monoisotopic (exact) mass is 283 g/mol. The molecular weight excluding hydrogens is 266 g/mol. The first-order chi connectivity index (χ1) is 9.13. The molecule has 0 aliphatic rings. The molecule has 0 saturated heterocycles. The Bertz CT molecular complexity index is 434. The quantitative estimate of drug-likeness (QED) is 0.494. The smallest absolute Gasteiger partial charge is 0.397 e. The average molecular weight is 284 g/mol. The molecule has 0 bridgehead atoms. The Morgan fingerprint density at radius 2 is 2.05 bits per heavy atom. The highest BCUT2D eigenvalue weighted by atomic mass is 35.5. The Morgan fingerprint density at radius 3 is 2.74 bits per heavy atom. The summed E-state index contributed by atoms with van der Waals surface area (Å²) in [6.07, 6.45) is 4.00. The van der Waals surface area contributed by atoms with E-state index in [0.717, 1.165) is 25.7 Å². The third-order valence-corrected chi connectivity index (χ3v) is 2.73. The number of anilines is 1. The van der Waals surface area contributed by atoms with E-state index in [2.05, 4.69) is 12.2 Å². The number of esters is 1. The van der Waals surface area contributed by atoms with E-state index in [1.54, 1.807) is 24.3 Å². The van der Waals surface area contributed by atoms with Crippen LogP contribution in [0.2, 0.25) is 5.02 Å². The van der Waals surface area contributed by atoms with Crippen LogP contribution in [0, 0.1) is 0 Å². The first-order valence-electron chi connectivity index (χ1n) is 6.37. The van der Waals surface area contributed by atoms with Crippen LogP contribution in [0.1, 0.15) is 32.6 Å². The van der Waals surface area contributed by atoms with E-state index in [1.807, 2.05) is 0 Å². The number of carbonyl (C=O) groups is 2. The zero-order valence-corrected chi connectivity index (χ0v) is 11.7. The van der Waals surface area contributed by atoms with Crippen molar-refractivity contribution in [3.05, 3.63) is 29.3 Å². The van der Waals surface area contributed by atoms with Crippen LogP contribution in [-0.2, 0) is 14.3 Å². The summed E-state index contributed by atoms with van der Waals surface area (Å²) < 4.78 is 4.87. The minimum Gasteiger partial charge on any atom is -0.459 e. The number of hydrogen-bond donors (Lipinski definition) is 1. The molecule has 1 aromatic carbocycles. The van der Waals surface area contributed by atoms with Gasteiger partial charge in [-0.15, -0.1) is 0 Å². The van der Waals surface area contributed by atoms with Crippen LogP contribution in [-0.4, -0.2) is 18.5 Å². The number of benzene rings is 1. The lowest BCUT2D eigenvalue weighted by molar-refractivity contribution is -0.152. The van der Waals surface area contributed by atoms with Gasteiger partial charge < -0.3 is 10.1 Å². The van der Waals surface area contributed by atoms with Gasteiger partial charge in [0, 0.05) is 10.7 Å². The Hall–Kier alpha value is -1.55. The van der Waals surface area contributed by atoms with Crippen molar-refractivity contribution in [2.45, 2.75) is 32.6 Å². The van der Waals surface area contributed by atoms with Gasteiger partial charge in [0.2, 0.25) is 0 Å². The zero-order chi connectivity index (χ0) is 14.1. The van der Waals surface area contributed by atoms with Gasteiger partial charge in [0.05, 0.1) is 6.61 Å². The molecule has 0 saturated carbocycles. The lowest BCUT2D eigenvalue weighted by atomic mass is 10.2. The largest absolute Gasteiger partial charge is 0.459 e. The molecule has 5 heteroatoms. The van der Waals surface area contributed by atoms with Crippen molar-refractivity contribution in [2.24, 2.45) is 0 Å². The summed E-state index contributed by atoms with van der Waals surface area (Å²) in [5.41, 5.74) is 0.473. The lowest BCUT2D eigenvalue weighted by Gasteiger charge is -2.06. The molecule has 0 fully saturated rings. The maximum atomic E-state index is 11.5. The van der Waals surface area contributed by atoms with Gasteiger partial charge in [-0.2, -0.15) is 0 Å². The molecule has 1 N–H and O–H groups in total. The molecular formula is C14H18ClNO3. The standard InChI is InChI=1S/C14H18ClNO3/c1-2-3-4-5-9-19-14(18)13(17)16-12-8-6-7-11(15)10-12/h6-8,10H,2-5,9H2,1H3,(H,16,17). The number of nitrogens with one attached hydrogen (secondary N) is 1. The van der Waals surface area contributed by atoms with Crippen LogP contribution in [0.3, 0.4) is 0 Å². The van der Waals surface area contributed by atoms with Crippen LogP contribution < -0.4 is 5.32 Å². The molecule has 0 unspecified atom stereocenters. The first-order valence-corrected chi connectivity index (χ1v) is 6.75. The normalized spacial score (nSPS) is 10.0. The summed E-state index contributed by atoms with van der Waals surface area (Å²) in [5, 5.41) is 2.93. The second kappa shape index (κ2) is 8.53. The summed E-state index contributed by atoms with van der Waals surface area (Å²) in [7, 11) is 0. The summed E-state index contributed by atoms with van der Waals surface area (Å²) in [4.78, 5) is 22.9. The van der Waals surface area contributed by atoms with Crippen molar-refractivity contribution in [3.63, 3.8) is 0 Å². The van der Waals surface area contributed by atoms with E-state index in [0.29, 0.717) is 10.7 Å². The summed E-state index contributed by atoms with van der Waals surface area (Å²) in [6.45, 7) is 2.38. The number of hydrogen-bond acceptors (Lipinski definition) is 3. The van der Waals surface area contributed by atoms with Gasteiger partial charge in [-0.25, -0.2) is 4.79 Å². The van der Waals surface area contributed by atoms with Crippen molar-refractivity contribution in [3.8, 4) is 0 Å². The van der Waals surface area contributed by atoms with Crippen LogP contribution in [0.4, 0.5) is 5.69 Å². The first kappa shape index (κ1) is 15.5. The Morgan fingerprint density at radius 1 is 1.26 bits per heavy atom. The van der Waals surface area contributed by atoms with Gasteiger partial charge in [0.1, 0.15) is 0 Å². The van der Waals surface area contributed by atoms with E-state index in [1.165, 1.54) is 0 Å². The Labute approximate surface area is 118 Å². The number of halogens is 1. The van der Waals surface area contributed by atoms with Crippen LogP contribution in [0.15, 0.2) is 24.3 Å². The Kier molecular flexibility index (Phi) is 6.97. The fourth-order valence-electron chi connectivity index (χ4n) is 1.51. The predicted octanol–water partition coefficient (Wildman–Crippen LogP) is 3.40. The predicted molar refractivity (Wildman–Crippen MR) is 75.2 cm³/mol. The van der Waals surface area contributed by atoms with Gasteiger partial charge in [-0.3, -0.25) is 4.79 Å². The van der Waals surface area contributed by atoms with Crippen molar-refractivity contribution in [1.82, 2.24) is 0 Å². The van der Waals surface area contributed by atoms with Crippen molar-refractivity contribution < 1.29 is 14.3 Å². The summed E-state index contributed by atoms with van der Waals surface area (Å²) in [6, 6.07) is 6.59. The molecule has 1 amide bonds. The van der Waals surface area contributed by atoms with E-state index < -0.39 is 11.9 Å². The van der Waals surface area contributed by atoms with Crippen molar-refractivity contribution in [2.75, 3.05) is 11.9 Å². The van der Waals surface area contributed by atoms with Crippen LogP contribution in [0.5, 0.6) is 0 Å². The lowest BCUT2D eigenvalue weighted by Crippen LogP contribution is -2.25. The molecule has 4 nitrogen and oxygen atoms in total. The average Bonchev–Trinajstić information content (AvgIpc) is 2.38. The molecule has 1 rings (SSSR count). The van der Waals surface area contributed by atoms with Crippen LogP contribution >= 0.6 is 11.6 Å². The molecule has 0 heterocycles. The number of ether oxygens (including phenoxy) is 1. The minimum absolute atomic E-state index is 0.280. The van der Waals surface area contributed by atoms with Crippen molar-refractivity contribution in [1.29, 1.82) is 0 Å². The molecule has 0 aliphatic heterocycles. The highest BCUT2D eigenvalue weighted by Gasteiger charge is 2.15. The van der Waals surface area contributed by atoms with Gasteiger partial charge in [0.15, 0.2) is 0 Å². The van der Waals surface area contributed by atoms with E-state index in [4.69, 9.17) is 16.3 Å². The fourth-order valence-corrected chi connectivity index (χ4v) is 1.70. The second-order valence-corrected chi connectivity index (χ2v) is 4.60. The van der Waals surface area contributed by atoms with Crippen molar-refractivity contribution >= 4 is 29.2 Å². The molecule has 104 valence electrons. The summed E-state index contributed by atoms with van der Waals surface area (Å²) in [5.74, 6) is -1.64. The molecule has 0 aliphatic carbocycles. The topological polar surface area (TPSA) is 55.4 Å². The summed E-state index contributed by atoms with van der Waals surface area (Å²) >= 11 is 5.77. The zero-order valence-electron chi connectivity index (χ0n) is 10.9. The molecule has 1 aromatic rings. The number of rotatable bonds is 6. The van der Waals surface area contributed by atoms with Crippen LogP contribution in [0.25, 0.3) is 0 Å². The fraction of sp³-hybridized carbons (Fsp3) is 0.429. The van der Waals surface area contributed by atoms with Gasteiger partial charge >= 0.3 is 11.9 Å². The maximum Gasteiger partial charge on any atom is 0.397 e. The Balaban J connectivity index is 2.31.